The van der Waals surface area contributed by atoms with Crippen molar-refractivity contribution < 1.29 is 0 Å². The minimum atomic E-state index is 0.272. The van der Waals surface area contributed by atoms with Gasteiger partial charge in [-0.05, 0) is 43.6 Å². The molecule has 5 heteroatoms. The first-order valence-electron chi connectivity index (χ1n) is 7.50. The number of hydrogen-bond donors (Lipinski definition) is 0. The molecule has 0 atom stereocenters. The van der Waals surface area contributed by atoms with Gasteiger partial charge in [-0.3, -0.25) is 0 Å². The van der Waals surface area contributed by atoms with Gasteiger partial charge in [0.25, 0.3) is 0 Å². The van der Waals surface area contributed by atoms with Gasteiger partial charge in [-0.25, -0.2) is 4.68 Å². The fourth-order valence-electron chi connectivity index (χ4n) is 3.18. The van der Waals surface area contributed by atoms with Gasteiger partial charge in [0.15, 0.2) is 0 Å². The molecule has 5 nitrogen and oxygen atoms in total. The molecule has 1 aliphatic heterocycles. The second-order valence-corrected chi connectivity index (χ2v) is 6.63. The van der Waals surface area contributed by atoms with Crippen molar-refractivity contribution in [2.75, 3.05) is 13.1 Å². The molecule has 108 valence electrons. The zero-order valence-corrected chi connectivity index (χ0v) is 12.4. The third-order valence-electron chi connectivity index (χ3n) is 4.07. The Kier molecular flexibility index (Phi) is 3.59. The Morgan fingerprint density at radius 3 is 2.45 bits per heavy atom. The molecule has 1 aromatic rings. The molecule has 2 heterocycles. The zero-order valence-electron chi connectivity index (χ0n) is 12.4. The van der Waals surface area contributed by atoms with Crippen LogP contribution in [0.5, 0.6) is 0 Å². The van der Waals surface area contributed by atoms with Gasteiger partial charge in [0.1, 0.15) is 12.7 Å². The number of rotatable bonds is 2. The largest absolute Gasteiger partial charge is 0.375 e. The van der Waals surface area contributed by atoms with E-state index in [1.807, 2.05) is 0 Å². The highest BCUT2D eigenvalue weighted by molar-refractivity contribution is 5.96. The highest BCUT2D eigenvalue weighted by atomic mass is 15.4. The lowest BCUT2D eigenvalue weighted by molar-refractivity contribution is 0.241. The van der Waals surface area contributed by atoms with Gasteiger partial charge in [-0.1, -0.05) is 13.8 Å². The summed E-state index contributed by atoms with van der Waals surface area (Å²) in [6.45, 7) is 7.04. The van der Waals surface area contributed by atoms with Crippen LogP contribution in [0.2, 0.25) is 0 Å². The van der Waals surface area contributed by atoms with Crippen molar-refractivity contribution in [3.05, 3.63) is 24.4 Å². The summed E-state index contributed by atoms with van der Waals surface area (Å²) in [5.74, 6) is 0. The van der Waals surface area contributed by atoms with Crippen LogP contribution in [0, 0.1) is 5.41 Å². The van der Waals surface area contributed by atoms with Crippen LogP contribution in [-0.2, 0) is 0 Å². The lowest BCUT2D eigenvalue weighted by Crippen LogP contribution is -2.34. The third-order valence-corrected chi connectivity index (χ3v) is 4.07. The first-order chi connectivity index (χ1) is 9.62. The molecule has 0 N–H and O–H groups in total. The van der Waals surface area contributed by atoms with Crippen LogP contribution >= 0.6 is 0 Å². The van der Waals surface area contributed by atoms with E-state index in [-0.39, 0.29) is 5.41 Å². The Hall–Kier alpha value is -1.65. The molecule has 0 bridgehead atoms. The maximum Gasteiger partial charge on any atom is 0.141 e. The number of allylic oxidation sites excluding steroid dienone is 2. The van der Waals surface area contributed by atoms with E-state index in [9.17, 15) is 0 Å². The summed E-state index contributed by atoms with van der Waals surface area (Å²) in [4.78, 5) is 2.55. The Morgan fingerprint density at radius 1 is 1.05 bits per heavy atom. The van der Waals surface area contributed by atoms with E-state index in [2.05, 4.69) is 40.1 Å². The van der Waals surface area contributed by atoms with Crippen LogP contribution in [0.3, 0.4) is 0 Å². The first-order valence-corrected chi connectivity index (χ1v) is 7.50. The van der Waals surface area contributed by atoms with Gasteiger partial charge in [0, 0.05) is 18.8 Å². The summed E-state index contributed by atoms with van der Waals surface area (Å²) in [5.41, 5.74) is 2.85. The van der Waals surface area contributed by atoms with Gasteiger partial charge in [-0.2, -0.15) is 5.10 Å². The van der Waals surface area contributed by atoms with Crippen LogP contribution < -0.4 is 0 Å². The number of likely N-dealkylation sites (tertiary alicyclic amines) is 1. The van der Waals surface area contributed by atoms with Crippen LogP contribution in [0.1, 0.15) is 46.0 Å². The van der Waals surface area contributed by atoms with E-state index in [1.165, 1.54) is 38.0 Å². The molecule has 2 aliphatic rings. The number of nitrogens with zero attached hydrogens (tertiary/aromatic N) is 5. The monoisotopic (exact) mass is 273 g/mol. The Balaban J connectivity index is 1.86. The maximum atomic E-state index is 4.62. The molecule has 1 aromatic heterocycles. The smallest absolute Gasteiger partial charge is 0.141 e. The topological polar surface area (TPSA) is 46.3 Å². The van der Waals surface area contributed by atoms with E-state index in [0.717, 1.165) is 18.6 Å². The molecule has 3 rings (SSSR count). The van der Waals surface area contributed by atoms with Crippen molar-refractivity contribution in [3.63, 3.8) is 0 Å². The Morgan fingerprint density at radius 2 is 1.75 bits per heavy atom. The molecule has 0 saturated carbocycles. The SMILES string of the molecule is CC1(C)CC(N2CCCCC2)=C/C(=N/n2cnnc2)C1. The Labute approximate surface area is 120 Å². The van der Waals surface area contributed by atoms with Crippen molar-refractivity contribution in [1.29, 1.82) is 0 Å². The third kappa shape index (κ3) is 3.08. The molecule has 0 aromatic carbocycles. The van der Waals surface area contributed by atoms with E-state index < -0.39 is 0 Å². The average molecular weight is 273 g/mol. The van der Waals surface area contributed by atoms with E-state index in [4.69, 9.17) is 0 Å². The molecule has 20 heavy (non-hydrogen) atoms. The summed E-state index contributed by atoms with van der Waals surface area (Å²) in [6.07, 6.45) is 11.7. The standard InChI is InChI=1S/C15H23N5/c1-15(2)9-13(18-20-11-16-17-12-20)8-14(10-15)19-6-4-3-5-7-19/h8,11-12H,3-7,9-10H2,1-2H3/b18-13-. The van der Waals surface area contributed by atoms with Crippen molar-refractivity contribution >= 4 is 5.71 Å². The van der Waals surface area contributed by atoms with Crippen molar-refractivity contribution in [3.8, 4) is 0 Å². The average Bonchev–Trinajstić information content (AvgIpc) is 2.91. The second-order valence-electron chi connectivity index (χ2n) is 6.63. The van der Waals surface area contributed by atoms with E-state index in [0.29, 0.717) is 0 Å². The molecule has 1 aliphatic carbocycles. The normalized spacial score (nSPS) is 24.8. The van der Waals surface area contributed by atoms with Gasteiger partial charge in [0.05, 0.1) is 5.71 Å². The summed E-state index contributed by atoms with van der Waals surface area (Å²) < 4.78 is 1.70. The predicted octanol–water partition coefficient (Wildman–Crippen LogP) is 2.67. The highest BCUT2D eigenvalue weighted by Gasteiger charge is 2.29. The summed E-state index contributed by atoms with van der Waals surface area (Å²) in [6, 6.07) is 0. The highest BCUT2D eigenvalue weighted by Crippen LogP contribution is 2.36. The maximum absolute atomic E-state index is 4.62. The minimum Gasteiger partial charge on any atom is -0.375 e. The minimum absolute atomic E-state index is 0.272. The van der Waals surface area contributed by atoms with Gasteiger partial charge in [0.2, 0.25) is 0 Å². The molecular weight excluding hydrogens is 250 g/mol. The molecule has 0 unspecified atom stereocenters. The van der Waals surface area contributed by atoms with Crippen molar-refractivity contribution in [2.24, 2.45) is 10.5 Å². The molecular formula is C15H23N5. The fourth-order valence-corrected chi connectivity index (χ4v) is 3.18. The quantitative estimate of drug-likeness (QED) is 0.832. The molecule has 0 amide bonds. The predicted molar refractivity (Wildman–Crippen MR) is 79.4 cm³/mol. The Bertz CT molecular complexity index is 506. The van der Waals surface area contributed by atoms with Crippen molar-refractivity contribution in [1.82, 2.24) is 19.8 Å². The number of aromatic nitrogens is 3. The first kappa shape index (κ1) is 13.3. The van der Waals surface area contributed by atoms with Crippen molar-refractivity contribution in [2.45, 2.75) is 46.0 Å². The van der Waals surface area contributed by atoms with E-state index in [1.54, 1.807) is 17.3 Å². The summed E-state index contributed by atoms with van der Waals surface area (Å²) in [5, 5.41) is 12.2. The van der Waals surface area contributed by atoms with Crippen LogP contribution in [-0.4, -0.2) is 38.6 Å². The molecule has 0 spiro atoms. The summed E-state index contributed by atoms with van der Waals surface area (Å²) in [7, 11) is 0. The van der Waals surface area contributed by atoms with Gasteiger partial charge < -0.3 is 4.90 Å². The number of hydrogen-bond acceptors (Lipinski definition) is 4. The van der Waals surface area contributed by atoms with Gasteiger partial charge >= 0.3 is 0 Å². The van der Waals surface area contributed by atoms with E-state index >= 15 is 0 Å². The van der Waals surface area contributed by atoms with Crippen LogP contribution in [0.15, 0.2) is 29.5 Å². The molecule has 0 radical (unpaired) electrons. The lowest BCUT2D eigenvalue weighted by atomic mass is 9.78. The zero-order chi connectivity index (χ0) is 14.0. The summed E-state index contributed by atoms with van der Waals surface area (Å²) >= 11 is 0. The van der Waals surface area contributed by atoms with Crippen LogP contribution in [0.4, 0.5) is 0 Å². The molecule has 1 saturated heterocycles. The second kappa shape index (κ2) is 5.38. The molecule has 1 fully saturated rings. The van der Waals surface area contributed by atoms with Crippen LogP contribution in [0.25, 0.3) is 0 Å². The number of piperidine rings is 1. The fraction of sp³-hybridized carbons (Fsp3) is 0.667. The van der Waals surface area contributed by atoms with Gasteiger partial charge in [-0.15, -0.1) is 10.2 Å². The lowest BCUT2D eigenvalue weighted by Gasteiger charge is -2.38.